The molecule has 0 radical (unpaired) electrons. The molecule has 13 heavy (non-hydrogen) atoms. The van der Waals surface area contributed by atoms with Gasteiger partial charge in [0.2, 0.25) is 0 Å². The molecule has 0 aromatic carbocycles. The van der Waals surface area contributed by atoms with E-state index in [-0.39, 0.29) is 27.1 Å². The fraction of sp³-hybridized carbons (Fsp3) is 0.500. The molecule has 0 fully saturated rings. The summed E-state index contributed by atoms with van der Waals surface area (Å²) in [4.78, 5) is 18.2. The number of carboxylic acids is 2. The van der Waals surface area contributed by atoms with E-state index in [0.717, 1.165) is 6.42 Å². The fourth-order valence-electron chi connectivity index (χ4n) is 0.0962. The van der Waals surface area contributed by atoms with Gasteiger partial charge in [-0.05, 0) is 11.8 Å². The zero-order valence-electron chi connectivity index (χ0n) is 6.87. The summed E-state index contributed by atoms with van der Waals surface area (Å²) in [6.45, 7) is 2.01. The van der Waals surface area contributed by atoms with Crippen LogP contribution in [0.4, 0.5) is 0 Å². The maximum Gasteiger partial charge on any atom is 0.414 e. The summed E-state index contributed by atoms with van der Waals surface area (Å²) in [7, 11) is 0. The molecule has 0 aliphatic rings. The standard InChI is InChI=1S/C4H9NS.C2H2O4.Pt/c1-2-4(5)3-6;3-1(4)2(5)6;/h3-4H,2,5H2,1H3;(H,3,4)(H,5,6);. The van der Waals surface area contributed by atoms with Gasteiger partial charge in [0.1, 0.15) is 0 Å². The van der Waals surface area contributed by atoms with Gasteiger partial charge in [-0.1, -0.05) is 19.1 Å². The molecule has 0 saturated heterocycles. The second-order valence-corrected chi connectivity index (χ2v) is 2.09. The number of rotatable bonds is 2. The predicted molar refractivity (Wildman–Crippen MR) is 47.2 cm³/mol. The number of thiocarbonyl (C=S) groups is 1. The average molecular weight is 388 g/mol. The Hall–Kier alpha value is -0.322. The molecule has 4 N–H and O–H groups in total. The molecule has 7 heteroatoms. The monoisotopic (exact) mass is 388 g/mol. The molecule has 0 aromatic rings. The normalized spacial score (nSPS) is 9.69. The third-order valence-corrected chi connectivity index (χ3v) is 1.18. The minimum atomic E-state index is -1.82. The second kappa shape index (κ2) is 11.7. The first-order valence-corrected chi connectivity index (χ1v) is 3.59. The van der Waals surface area contributed by atoms with Crippen molar-refractivity contribution in [3.63, 3.8) is 0 Å². The van der Waals surface area contributed by atoms with Crippen LogP contribution in [0.15, 0.2) is 0 Å². The van der Waals surface area contributed by atoms with Crippen LogP contribution in [-0.2, 0) is 30.7 Å². The second-order valence-electron chi connectivity index (χ2n) is 1.82. The number of aliphatic carboxylic acids is 2. The molecule has 0 rings (SSSR count). The molecule has 5 nitrogen and oxygen atoms in total. The van der Waals surface area contributed by atoms with Crippen LogP contribution in [0.5, 0.6) is 0 Å². The van der Waals surface area contributed by atoms with Crippen LogP contribution in [0.2, 0.25) is 0 Å². The minimum Gasteiger partial charge on any atom is -0.473 e. The van der Waals surface area contributed by atoms with Crippen molar-refractivity contribution >= 4 is 29.5 Å². The van der Waals surface area contributed by atoms with Gasteiger partial charge >= 0.3 is 11.9 Å². The van der Waals surface area contributed by atoms with Crippen molar-refractivity contribution in [3.8, 4) is 0 Å². The van der Waals surface area contributed by atoms with Gasteiger partial charge in [0.25, 0.3) is 0 Å². The van der Waals surface area contributed by atoms with E-state index in [4.69, 9.17) is 25.5 Å². The number of carboxylic acid groups (broad SMARTS) is 2. The Morgan fingerprint density at radius 2 is 1.77 bits per heavy atom. The van der Waals surface area contributed by atoms with Crippen LogP contribution < -0.4 is 5.73 Å². The Morgan fingerprint density at radius 3 is 1.77 bits per heavy atom. The van der Waals surface area contributed by atoms with Gasteiger partial charge in [0, 0.05) is 27.1 Å². The number of hydrogen-bond acceptors (Lipinski definition) is 4. The summed E-state index contributed by atoms with van der Waals surface area (Å²) in [5.41, 5.74) is 5.31. The minimum absolute atomic E-state index is 0. The average Bonchev–Trinajstić information content (AvgIpc) is 2.04. The molecular weight excluding hydrogens is 377 g/mol. The first-order valence-electron chi connectivity index (χ1n) is 3.12. The van der Waals surface area contributed by atoms with Crippen molar-refractivity contribution in [2.24, 2.45) is 5.73 Å². The van der Waals surface area contributed by atoms with Crippen molar-refractivity contribution in [2.75, 3.05) is 0 Å². The summed E-state index contributed by atoms with van der Waals surface area (Å²) in [5, 5.41) is 16.4. The third-order valence-electron chi connectivity index (χ3n) is 0.829. The van der Waals surface area contributed by atoms with E-state index < -0.39 is 11.9 Å². The number of nitrogens with two attached hydrogens (primary N) is 1. The third kappa shape index (κ3) is 18.6. The van der Waals surface area contributed by atoms with Gasteiger partial charge in [-0.15, -0.1) is 0 Å². The molecule has 0 saturated carbocycles. The Labute approximate surface area is 95.6 Å². The van der Waals surface area contributed by atoms with Crippen molar-refractivity contribution in [2.45, 2.75) is 19.4 Å². The Balaban J connectivity index is -0.000000143. The summed E-state index contributed by atoms with van der Waals surface area (Å²) in [5.74, 6) is -3.65. The molecule has 0 heterocycles. The van der Waals surface area contributed by atoms with Crippen LogP contribution in [0.3, 0.4) is 0 Å². The molecule has 0 bridgehead atoms. The molecule has 1 atom stereocenters. The molecule has 0 aromatic heterocycles. The van der Waals surface area contributed by atoms with E-state index in [2.05, 4.69) is 12.2 Å². The van der Waals surface area contributed by atoms with Crippen LogP contribution in [0.25, 0.3) is 0 Å². The van der Waals surface area contributed by atoms with Crippen LogP contribution >= 0.6 is 12.2 Å². The largest absolute Gasteiger partial charge is 0.473 e. The van der Waals surface area contributed by atoms with E-state index in [1.807, 2.05) is 6.92 Å². The fourth-order valence-corrected chi connectivity index (χ4v) is 0.289. The summed E-state index contributed by atoms with van der Waals surface area (Å²) in [6.07, 6.45) is 0.948. The zero-order valence-corrected chi connectivity index (χ0v) is 9.96. The van der Waals surface area contributed by atoms with Crippen LogP contribution in [0.1, 0.15) is 13.3 Å². The maximum absolute atomic E-state index is 9.10. The van der Waals surface area contributed by atoms with Crippen molar-refractivity contribution in [1.82, 2.24) is 0 Å². The van der Waals surface area contributed by atoms with E-state index in [1.165, 1.54) is 0 Å². The van der Waals surface area contributed by atoms with E-state index in [9.17, 15) is 0 Å². The summed E-state index contributed by atoms with van der Waals surface area (Å²) in [6, 6.07) is 0.125. The zero-order chi connectivity index (χ0) is 10.1. The topological polar surface area (TPSA) is 101 Å². The van der Waals surface area contributed by atoms with Gasteiger partial charge in [-0.25, -0.2) is 9.59 Å². The molecular formula is C6H11NO4PtS. The van der Waals surface area contributed by atoms with Crippen LogP contribution in [0, 0.1) is 0 Å². The summed E-state index contributed by atoms with van der Waals surface area (Å²) < 4.78 is 0. The first kappa shape index (κ1) is 18.5. The first-order chi connectivity index (χ1) is 5.45. The van der Waals surface area contributed by atoms with Gasteiger partial charge in [-0.3, -0.25) is 0 Å². The molecule has 0 aliphatic carbocycles. The number of hydrogen-bond donors (Lipinski definition) is 3. The van der Waals surface area contributed by atoms with Gasteiger partial charge in [0.05, 0.1) is 0 Å². The maximum atomic E-state index is 9.10. The van der Waals surface area contributed by atoms with E-state index in [1.54, 1.807) is 5.37 Å². The molecule has 0 amide bonds. The van der Waals surface area contributed by atoms with Crippen molar-refractivity contribution in [1.29, 1.82) is 0 Å². The smallest absolute Gasteiger partial charge is 0.414 e. The van der Waals surface area contributed by atoms with Gasteiger partial charge in [0.15, 0.2) is 0 Å². The molecule has 1 unspecified atom stereocenters. The SMILES string of the molecule is CCC(N)C=S.O=C(O)C(=O)O.[Pt]. The number of carbonyl (C=O) groups is 2. The van der Waals surface area contributed by atoms with Crippen LogP contribution in [-0.4, -0.2) is 33.6 Å². The molecule has 0 aliphatic heterocycles. The van der Waals surface area contributed by atoms with E-state index in [0.29, 0.717) is 0 Å². The quantitative estimate of drug-likeness (QED) is 0.450. The van der Waals surface area contributed by atoms with Crippen molar-refractivity contribution < 1.29 is 40.9 Å². The molecule has 80 valence electrons. The Kier molecular flexibility index (Phi) is 16.6. The Morgan fingerprint density at radius 1 is 1.46 bits per heavy atom. The summed E-state index contributed by atoms with van der Waals surface area (Å²) >= 11 is 4.52. The van der Waals surface area contributed by atoms with Gasteiger partial charge < -0.3 is 15.9 Å². The van der Waals surface area contributed by atoms with E-state index >= 15 is 0 Å². The predicted octanol–water partition coefficient (Wildman–Crippen LogP) is -0.124. The van der Waals surface area contributed by atoms with Gasteiger partial charge in [-0.2, -0.15) is 0 Å². The molecule has 0 spiro atoms. The van der Waals surface area contributed by atoms with Crippen molar-refractivity contribution in [3.05, 3.63) is 0 Å². The Bertz CT molecular complexity index is 164.